The van der Waals surface area contributed by atoms with Gasteiger partial charge in [0.2, 0.25) is 11.8 Å². The molecule has 0 spiro atoms. The van der Waals surface area contributed by atoms with Crippen LogP contribution in [0.2, 0.25) is 10.0 Å². The van der Waals surface area contributed by atoms with Gasteiger partial charge in [0, 0.05) is 33.7 Å². The average molecular weight is 627 g/mol. The Hall–Kier alpha value is -2.59. The first-order valence-corrected chi connectivity index (χ1v) is 14.4. The van der Waals surface area contributed by atoms with Gasteiger partial charge in [0.25, 0.3) is 10.0 Å². The van der Waals surface area contributed by atoms with Crippen molar-refractivity contribution in [1.29, 1.82) is 0 Å². The van der Waals surface area contributed by atoms with Gasteiger partial charge in [0.1, 0.15) is 12.6 Å². The third-order valence-electron chi connectivity index (χ3n) is 5.75. The molecule has 0 fully saturated rings. The number of halogens is 3. The predicted octanol–water partition coefficient (Wildman–Crippen LogP) is 5.50. The van der Waals surface area contributed by atoms with Crippen molar-refractivity contribution in [2.45, 2.75) is 30.8 Å². The maximum atomic E-state index is 13.9. The van der Waals surface area contributed by atoms with E-state index in [1.54, 1.807) is 67.6 Å². The topological polar surface area (TPSA) is 86.8 Å². The van der Waals surface area contributed by atoms with Gasteiger partial charge in [-0.15, -0.1) is 0 Å². The molecule has 1 atom stereocenters. The Bertz CT molecular complexity index is 1340. The van der Waals surface area contributed by atoms with E-state index in [2.05, 4.69) is 21.2 Å². The lowest BCUT2D eigenvalue weighted by Crippen LogP contribution is -2.51. The van der Waals surface area contributed by atoms with Crippen molar-refractivity contribution in [3.8, 4) is 0 Å². The van der Waals surface area contributed by atoms with Crippen LogP contribution in [0.15, 0.2) is 82.2 Å². The molecule has 7 nitrogen and oxygen atoms in total. The highest BCUT2D eigenvalue weighted by Gasteiger charge is 2.34. The maximum absolute atomic E-state index is 13.9. The SMILES string of the molecule is CC[C@H](C(=O)NC)N(Cc1c(Cl)cccc1Cl)C(=O)CN(c1ccc(Br)cc1)S(=O)(=O)c1ccccc1. The number of carbonyl (C=O) groups excluding carboxylic acids is 2. The normalized spacial score (nSPS) is 12.0. The monoisotopic (exact) mass is 625 g/mol. The molecule has 0 saturated carbocycles. The van der Waals surface area contributed by atoms with Crippen molar-refractivity contribution < 1.29 is 18.0 Å². The number of anilines is 1. The molecule has 3 rings (SSSR count). The second-order valence-electron chi connectivity index (χ2n) is 8.06. The Balaban J connectivity index is 2.08. The molecule has 0 heterocycles. The van der Waals surface area contributed by atoms with Gasteiger partial charge in [-0.2, -0.15) is 0 Å². The van der Waals surface area contributed by atoms with Gasteiger partial charge >= 0.3 is 0 Å². The molecule has 0 unspecified atom stereocenters. The summed E-state index contributed by atoms with van der Waals surface area (Å²) in [5, 5.41) is 3.24. The van der Waals surface area contributed by atoms with E-state index in [0.717, 1.165) is 8.78 Å². The summed E-state index contributed by atoms with van der Waals surface area (Å²) in [6.45, 7) is 1.14. The van der Waals surface area contributed by atoms with Crippen LogP contribution in [0.5, 0.6) is 0 Å². The van der Waals surface area contributed by atoms with Crippen LogP contribution in [-0.2, 0) is 26.2 Å². The van der Waals surface area contributed by atoms with Crippen molar-refractivity contribution in [3.63, 3.8) is 0 Å². The summed E-state index contributed by atoms with van der Waals surface area (Å²) >= 11 is 16.1. The summed E-state index contributed by atoms with van der Waals surface area (Å²) in [5.74, 6) is -0.978. The number of amides is 2. The lowest BCUT2D eigenvalue weighted by molar-refractivity contribution is -0.140. The Morgan fingerprint density at radius 1 is 0.946 bits per heavy atom. The molecule has 0 aliphatic rings. The van der Waals surface area contributed by atoms with E-state index in [1.165, 1.54) is 24.1 Å². The van der Waals surface area contributed by atoms with Crippen LogP contribution in [0.25, 0.3) is 0 Å². The van der Waals surface area contributed by atoms with Crippen molar-refractivity contribution in [1.82, 2.24) is 10.2 Å². The molecule has 11 heteroatoms. The summed E-state index contributed by atoms with van der Waals surface area (Å²) in [6, 6.07) is 18.5. The predicted molar refractivity (Wildman–Crippen MR) is 150 cm³/mol. The molecule has 2 amide bonds. The van der Waals surface area contributed by atoms with Crippen molar-refractivity contribution in [3.05, 3.63) is 92.9 Å². The zero-order valence-electron chi connectivity index (χ0n) is 20.2. The molecule has 3 aromatic carbocycles. The first-order chi connectivity index (χ1) is 17.6. The van der Waals surface area contributed by atoms with Crippen LogP contribution >= 0.6 is 39.1 Å². The van der Waals surface area contributed by atoms with Gasteiger partial charge in [-0.05, 0) is 55.0 Å². The minimum absolute atomic E-state index is 0.0322. The van der Waals surface area contributed by atoms with Crippen molar-refractivity contribution >= 4 is 66.7 Å². The third kappa shape index (κ3) is 6.84. The highest BCUT2D eigenvalue weighted by molar-refractivity contribution is 9.10. The molecule has 0 aliphatic carbocycles. The lowest BCUT2D eigenvalue weighted by atomic mass is 10.1. The highest BCUT2D eigenvalue weighted by Crippen LogP contribution is 2.29. The quantitative estimate of drug-likeness (QED) is 0.322. The van der Waals surface area contributed by atoms with Gasteiger partial charge in [0.15, 0.2) is 0 Å². The first kappa shape index (κ1) is 29.0. The van der Waals surface area contributed by atoms with E-state index in [-0.39, 0.29) is 23.8 Å². The van der Waals surface area contributed by atoms with Gasteiger partial charge < -0.3 is 10.2 Å². The molecule has 0 aliphatic heterocycles. The summed E-state index contributed by atoms with van der Waals surface area (Å²) in [4.78, 5) is 28.0. The van der Waals surface area contributed by atoms with Crippen LogP contribution in [0.1, 0.15) is 18.9 Å². The molecular formula is C26H26BrCl2N3O4S. The molecule has 196 valence electrons. The summed E-state index contributed by atoms with van der Waals surface area (Å²) < 4.78 is 29.2. The molecule has 0 bridgehead atoms. The van der Waals surface area contributed by atoms with E-state index >= 15 is 0 Å². The van der Waals surface area contributed by atoms with Crippen molar-refractivity contribution in [2.75, 3.05) is 17.9 Å². The van der Waals surface area contributed by atoms with Gasteiger partial charge in [0.05, 0.1) is 10.6 Å². The number of nitrogens with zero attached hydrogens (tertiary/aromatic N) is 2. The van der Waals surface area contributed by atoms with Gasteiger partial charge in [-0.25, -0.2) is 8.42 Å². The van der Waals surface area contributed by atoms with E-state index < -0.39 is 28.5 Å². The minimum Gasteiger partial charge on any atom is -0.357 e. The Morgan fingerprint density at radius 2 is 1.54 bits per heavy atom. The zero-order valence-corrected chi connectivity index (χ0v) is 24.1. The van der Waals surface area contributed by atoms with E-state index in [9.17, 15) is 18.0 Å². The Kier molecular flexibility index (Phi) is 10.0. The smallest absolute Gasteiger partial charge is 0.264 e. The van der Waals surface area contributed by atoms with Crippen LogP contribution < -0.4 is 9.62 Å². The summed E-state index contributed by atoms with van der Waals surface area (Å²) in [7, 11) is -2.65. The van der Waals surface area contributed by atoms with E-state index in [0.29, 0.717) is 21.3 Å². The highest BCUT2D eigenvalue weighted by atomic mass is 79.9. The lowest BCUT2D eigenvalue weighted by Gasteiger charge is -2.33. The van der Waals surface area contributed by atoms with Gasteiger partial charge in [-0.3, -0.25) is 13.9 Å². The number of nitrogens with one attached hydrogen (secondary N) is 1. The number of hydrogen-bond acceptors (Lipinski definition) is 4. The number of likely N-dealkylation sites (N-methyl/N-ethyl adjacent to an activating group) is 1. The van der Waals surface area contributed by atoms with Crippen LogP contribution in [0.4, 0.5) is 5.69 Å². The summed E-state index contributed by atoms with van der Waals surface area (Å²) in [5.41, 5.74) is 0.756. The number of benzene rings is 3. The molecular weight excluding hydrogens is 601 g/mol. The fourth-order valence-corrected chi connectivity index (χ4v) is 6.01. The molecule has 0 aromatic heterocycles. The second kappa shape index (κ2) is 12.8. The minimum atomic E-state index is -4.13. The van der Waals surface area contributed by atoms with E-state index in [4.69, 9.17) is 23.2 Å². The summed E-state index contributed by atoms with van der Waals surface area (Å²) in [6.07, 6.45) is 0.289. The Morgan fingerprint density at radius 3 is 2.08 bits per heavy atom. The number of rotatable bonds is 10. The molecule has 1 N–H and O–H groups in total. The fourth-order valence-electron chi connectivity index (χ4n) is 3.80. The maximum Gasteiger partial charge on any atom is 0.264 e. The fraction of sp³-hybridized carbons (Fsp3) is 0.231. The molecule has 3 aromatic rings. The second-order valence-corrected chi connectivity index (χ2v) is 11.7. The van der Waals surface area contributed by atoms with Gasteiger partial charge in [-0.1, -0.05) is 70.3 Å². The van der Waals surface area contributed by atoms with E-state index in [1.807, 2.05) is 0 Å². The number of sulfonamides is 1. The third-order valence-corrected chi connectivity index (χ3v) is 8.77. The number of carbonyl (C=O) groups is 2. The largest absolute Gasteiger partial charge is 0.357 e. The standard InChI is InChI=1S/C26H26BrCl2N3O4S/c1-3-24(26(34)30-2)31(16-21-22(28)10-7-11-23(21)29)25(33)17-32(19-14-12-18(27)13-15-19)37(35,36)20-8-5-4-6-9-20/h4-15,24H,3,16-17H2,1-2H3,(H,30,34)/t24-/m1/s1. The van der Waals surface area contributed by atoms with Crippen LogP contribution in [-0.4, -0.2) is 44.8 Å². The van der Waals surface area contributed by atoms with Crippen LogP contribution in [0.3, 0.4) is 0 Å². The average Bonchev–Trinajstić information content (AvgIpc) is 2.89. The molecule has 0 saturated heterocycles. The first-order valence-electron chi connectivity index (χ1n) is 11.4. The molecule has 37 heavy (non-hydrogen) atoms. The van der Waals surface area contributed by atoms with Crippen molar-refractivity contribution in [2.24, 2.45) is 0 Å². The zero-order chi connectivity index (χ0) is 27.2. The number of hydrogen-bond donors (Lipinski definition) is 1. The Labute approximate surface area is 235 Å². The van der Waals surface area contributed by atoms with Crippen LogP contribution in [0, 0.1) is 0 Å². The molecule has 0 radical (unpaired) electrons.